The van der Waals surface area contributed by atoms with Crippen molar-refractivity contribution in [3.8, 4) is 23.3 Å². The second-order valence-corrected chi connectivity index (χ2v) is 8.62. The van der Waals surface area contributed by atoms with Crippen molar-refractivity contribution in [2.45, 2.75) is 20.8 Å². The lowest BCUT2D eigenvalue weighted by atomic mass is 10.1. The van der Waals surface area contributed by atoms with E-state index in [2.05, 4.69) is 15.5 Å². The summed E-state index contributed by atoms with van der Waals surface area (Å²) in [6.07, 6.45) is 1.32. The quantitative estimate of drug-likeness (QED) is 0.391. The number of aromatic nitrogens is 5. The molecule has 0 aliphatic rings. The number of para-hydroxylation sites is 1. The van der Waals surface area contributed by atoms with E-state index in [1.807, 2.05) is 51.1 Å². The van der Waals surface area contributed by atoms with E-state index in [4.69, 9.17) is 4.98 Å². The molecule has 0 atom stereocenters. The number of amides is 1. The molecule has 0 unspecified atom stereocenters. The van der Waals surface area contributed by atoms with Crippen molar-refractivity contribution in [3.63, 3.8) is 0 Å². The number of benzene rings is 2. The van der Waals surface area contributed by atoms with Gasteiger partial charge in [-0.1, -0.05) is 30.3 Å². The number of hydrogen-bond acceptors (Lipinski definition) is 7. The summed E-state index contributed by atoms with van der Waals surface area (Å²) in [6.45, 7) is 5.75. The Hall–Kier alpha value is -5.30. The first-order chi connectivity index (χ1) is 17.8. The van der Waals surface area contributed by atoms with Crippen LogP contribution in [0.2, 0.25) is 0 Å². The Bertz CT molecular complexity index is 1810. The molecule has 182 valence electrons. The van der Waals surface area contributed by atoms with E-state index in [1.54, 1.807) is 24.3 Å². The van der Waals surface area contributed by atoms with Crippen LogP contribution < -0.4 is 10.9 Å². The summed E-state index contributed by atoms with van der Waals surface area (Å²) in [5.41, 5.74) is 3.10. The second-order valence-electron chi connectivity index (χ2n) is 8.62. The lowest BCUT2D eigenvalue weighted by molar-refractivity contribution is 0.101. The molecule has 2 N–H and O–H groups in total. The molecule has 3 heterocycles. The average molecular weight is 492 g/mol. The van der Waals surface area contributed by atoms with E-state index >= 15 is 0 Å². The fourth-order valence-electron chi connectivity index (χ4n) is 4.10. The molecule has 0 aliphatic heterocycles. The Kier molecular flexibility index (Phi) is 5.73. The Morgan fingerprint density at radius 1 is 1.03 bits per heavy atom. The number of carbonyl (C=O) groups excluding carboxylic acids is 1. The van der Waals surface area contributed by atoms with Gasteiger partial charge < -0.3 is 10.4 Å². The molecular weight excluding hydrogens is 470 g/mol. The Labute approximate surface area is 211 Å². The summed E-state index contributed by atoms with van der Waals surface area (Å²) in [6, 6.07) is 17.6. The van der Waals surface area contributed by atoms with E-state index in [0.29, 0.717) is 11.5 Å². The Balaban J connectivity index is 1.59. The number of hydrogen-bond donors (Lipinski definition) is 2. The van der Waals surface area contributed by atoms with Crippen LogP contribution in [0.3, 0.4) is 0 Å². The maximum atomic E-state index is 13.3. The third kappa shape index (κ3) is 4.19. The molecule has 0 spiro atoms. The van der Waals surface area contributed by atoms with Gasteiger partial charge in [0.15, 0.2) is 23.1 Å². The minimum absolute atomic E-state index is 0.0573. The third-order valence-electron chi connectivity index (χ3n) is 5.95. The number of fused-ring (bicyclic) bond motifs is 1. The number of nitriles is 1. The zero-order chi connectivity index (χ0) is 26.3. The van der Waals surface area contributed by atoms with E-state index < -0.39 is 22.9 Å². The molecule has 3 aromatic heterocycles. The normalized spacial score (nSPS) is 10.9. The van der Waals surface area contributed by atoms with Crippen molar-refractivity contribution < 1.29 is 9.90 Å². The van der Waals surface area contributed by atoms with Crippen molar-refractivity contribution in [1.29, 1.82) is 5.26 Å². The molecule has 1 amide bonds. The Morgan fingerprint density at radius 2 is 1.81 bits per heavy atom. The van der Waals surface area contributed by atoms with Crippen LogP contribution in [-0.4, -0.2) is 35.6 Å². The Morgan fingerprint density at radius 3 is 2.57 bits per heavy atom. The average Bonchev–Trinajstić information content (AvgIpc) is 3.27. The number of nitrogens with one attached hydrogen (secondary N) is 1. The number of pyridine rings is 1. The fraction of sp³-hybridized carbons (Fsp3) is 0.111. The minimum Gasteiger partial charge on any atom is -0.505 e. The number of nitrogens with zero attached hydrogens (tertiary/aromatic N) is 6. The maximum Gasteiger partial charge on any atom is 0.281 e. The number of aryl methyl sites for hydroxylation is 3. The molecule has 5 rings (SSSR count). The van der Waals surface area contributed by atoms with E-state index in [0.717, 1.165) is 38.3 Å². The molecule has 0 aliphatic carbocycles. The van der Waals surface area contributed by atoms with E-state index in [9.17, 15) is 20.0 Å². The number of carbonyl (C=O) groups is 1. The van der Waals surface area contributed by atoms with Crippen LogP contribution in [0, 0.1) is 32.1 Å². The molecule has 10 heteroatoms. The molecule has 0 saturated carbocycles. The largest absolute Gasteiger partial charge is 0.505 e. The van der Waals surface area contributed by atoms with Gasteiger partial charge in [-0.15, -0.1) is 0 Å². The number of aromatic hydroxyl groups is 1. The predicted molar refractivity (Wildman–Crippen MR) is 137 cm³/mol. The van der Waals surface area contributed by atoms with Gasteiger partial charge in [-0.2, -0.15) is 24.8 Å². The highest BCUT2D eigenvalue weighted by Crippen LogP contribution is 2.26. The topological polar surface area (TPSA) is 139 Å². The van der Waals surface area contributed by atoms with Gasteiger partial charge >= 0.3 is 0 Å². The maximum absolute atomic E-state index is 13.3. The molecule has 2 aromatic carbocycles. The standard InChI is InChI=1S/C27H21N7O3/c1-15-6-4-8-19(10-15)33-23(36)12-21(35)25(32-33)27(37)31-26-18(13-28)14-29-34(26)22-11-17(3)20-9-5-7-16(2)24(20)30-22/h4-12,14,35H,1-3H3,(H,31,37). The first-order valence-corrected chi connectivity index (χ1v) is 11.3. The molecule has 0 saturated heterocycles. The van der Waals surface area contributed by atoms with Crippen molar-refractivity contribution in [2.24, 2.45) is 0 Å². The summed E-state index contributed by atoms with van der Waals surface area (Å²) in [7, 11) is 0. The molecule has 10 nitrogen and oxygen atoms in total. The summed E-state index contributed by atoms with van der Waals surface area (Å²) in [4.78, 5) is 30.5. The molecule has 0 bridgehead atoms. The van der Waals surface area contributed by atoms with Gasteiger partial charge in [-0.3, -0.25) is 9.59 Å². The smallest absolute Gasteiger partial charge is 0.281 e. The molecular formula is C27H21N7O3. The molecule has 5 aromatic rings. The summed E-state index contributed by atoms with van der Waals surface area (Å²) < 4.78 is 2.38. The van der Waals surface area contributed by atoms with Gasteiger partial charge in [0.1, 0.15) is 11.6 Å². The summed E-state index contributed by atoms with van der Waals surface area (Å²) >= 11 is 0. The van der Waals surface area contributed by atoms with Crippen molar-refractivity contribution in [2.75, 3.05) is 5.32 Å². The predicted octanol–water partition coefficient (Wildman–Crippen LogP) is 3.72. The van der Waals surface area contributed by atoms with Gasteiger partial charge in [-0.25, -0.2) is 4.98 Å². The van der Waals surface area contributed by atoms with Crippen molar-refractivity contribution >= 4 is 22.6 Å². The monoisotopic (exact) mass is 491 g/mol. The molecule has 37 heavy (non-hydrogen) atoms. The SMILES string of the molecule is Cc1cccc(-n2nc(C(=O)Nc3c(C#N)cnn3-c3cc(C)c4cccc(C)c4n3)c(O)cc2=O)c1. The molecule has 0 fully saturated rings. The van der Waals surface area contributed by atoms with Gasteiger partial charge in [0.05, 0.1) is 17.4 Å². The minimum atomic E-state index is -0.828. The lowest BCUT2D eigenvalue weighted by Gasteiger charge is -2.13. The van der Waals surface area contributed by atoms with Crippen molar-refractivity contribution in [3.05, 3.63) is 99.1 Å². The van der Waals surface area contributed by atoms with Crippen LogP contribution in [0.5, 0.6) is 5.75 Å². The van der Waals surface area contributed by atoms with Crippen LogP contribution in [0.25, 0.3) is 22.4 Å². The van der Waals surface area contributed by atoms with Gasteiger partial charge in [0, 0.05) is 11.5 Å². The zero-order valence-corrected chi connectivity index (χ0v) is 20.2. The second kappa shape index (κ2) is 9.05. The van der Waals surface area contributed by atoms with Crippen LogP contribution in [0.15, 0.2) is 65.6 Å². The van der Waals surface area contributed by atoms with E-state index in [1.165, 1.54) is 10.9 Å². The van der Waals surface area contributed by atoms with Crippen LogP contribution >= 0.6 is 0 Å². The third-order valence-corrected chi connectivity index (χ3v) is 5.95. The highest BCUT2D eigenvalue weighted by Gasteiger charge is 2.22. The van der Waals surface area contributed by atoms with Crippen LogP contribution in [0.1, 0.15) is 32.7 Å². The summed E-state index contributed by atoms with van der Waals surface area (Å²) in [5.74, 6) is -0.961. The number of anilines is 1. The van der Waals surface area contributed by atoms with Crippen LogP contribution in [-0.2, 0) is 0 Å². The van der Waals surface area contributed by atoms with Gasteiger partial charge in [0.25, 0.3) is 11.5 Å². The zero-order valence-electron chi connectivity index (χ0n) is 20.2. The van der Waals surface area contributed by atoms with Crippen LogP contribution in [0.4, 0.5) is 5.82 Å². The van der Waals surface area contributed by atoms with Gasteiger partial charge in [-0.05, 0) is 55.7 Å². The molecule has 0 radical (unpaired) electrons. The van der Waals surface area contributed by atoms with Gasteiger partial charge in [0.2, 0.25) is 0 Å². The number of rotatable bonds is 4. The van der Waals surface area contributed by atoms with E-state index in [-0.39, 0.29) is 11.4 Å². The fourth-order valence-corrected chi connectivity index (χ4v) is 4.10. The highest BCUT2D eigenvalue weighted by molar-refractivity contribution is 6.04. The van der Waals surface area contributed by atoms with Crippen molar-refractivity contribution in [1.82, 2.24) is 24.5 Å². The lowest BCUT2D eigenvalue weighted by Crippen LogP contribution is -2.26. The highest BCUT2D eigenvalue weighted by atomic mass is 16.3. The first kappa shape index (κ1) is 23.4. The first-order valence-electron chi connectivity index (χ1n) is 11.3. The summed E-state index contributed by atoms with van der Waals surface area (Å²) in [5, 5.41) is 32.0.